The van der Waals surface area contributed by atoms with Gasteiger partial charge in [0, 0.05) is 20.1 Å². The molecule has 2 aromatic rings. The normalized spacial score (nSPS) is 35.1. The van der Waals surface area contributed by atoms with Crippen LogP contribution in [-0.2, 0) is 14.2 Å². The Balaban J connectivity index is 1.63. The van der Waals surface area contributed by atoms with Gasteiger partial charge >= 0.3 is 0 Å². The number of hydrogen-bond donors (Lipinski definition) is 3. The minimum absolute atomic E-state index is 0.0450. The van der Waals surface area contributed by atoms with Crippen LogP contribution < -0.4 is 5.73 Å². The van der Waals surface area contributed by atoms with Crippen LogP contribution in [0.15, 0.2) is 12.7 Å². The topological polar surface area (TPSA) is 138 Å². The molecule has 4 rings (SSSR count). The smallest absolute Gasteiger partial charge is 0.167 e. The molecule has 0 spiro atoms. The van der Waals surface area contributed by atoms with Crippen LogP contribution >= 0.6 is 0 Å². The second-order valence-corrected chi connectivity index (χ2v) is 7.12. The van der Waals surface area contributed by atoms with Crippen molar-refractivity contribution < 1.29 is 24.4 Å². The van der Waals surface area contributed by atoms with Gasteiger partial charge in [-0.15, -0.1) is 0 Å². The van der Waals surface area contributed by atoms with Gasteiger partial charge in [0.2, 0.25) is 0 Å². The van der Waals surface area contributed by atoms with Crippen molar-refractivity contribution in [3.05, 3.63) is 12.7 Å². The summed E-state index contributed by atoms with van der Waals surface area (Å²) >= 11 is 0. The maximum absolute atomic E-state index is 10.7. The Kier molecular flexibility index (Phi) is 4.99. The van der Waals surface area contributed by atoms with E-state index in [1.165, 1.54) is 12.7 Å². The van der Waals surface area contributed by atoms with Gasteiger partial charge in [-0.3, -0.25) is 4.57 Å². The van der Waals surface area contributed by atoms with E-state index in [2.05, 4.69) is 15.0 Å². The van der Waals surface area contributed by atoms with Crippen molar-refractivity contribution in [2.45, 2.75) is 56.0 Å². The molecule has 7 atom stereocenters. The fraction of sp³-hybridized carbons (Fsp3) is 0.706. The zero-order valence-corrected chi connectivity index (χ0v) is 15.3. The largest absolute Gasteiger partial charge is 0.387 e. The summed E-state index contributed by atoms with van der Waals surface area (Å²) in [5.41, 5.74) is 6.68. The predicted octanol–water partition coefficient (Wildman–Crippen LogP) is -0.142. The number of fused-ring (bicyclic) bond motifs is 1. The first kappa shape index (κ1) is 18.5. The number of anilines is 1. The van der Waals surface area contributed by atoms with Gasteiger partial charge in [-0.05, 0) is 12.8 Å². The molecule has 0 radical (unpaired) electrons. The maximum atomic E-state index is 10.7. The van der Waals surface area contributed by atoms with Crippen LogP contribution in [0.4, 0.5) is 5.82 Å². The molecule has 3 heterocycles. The van der Waals surface area contributed by atoms with Crippen LogP contribution in [0.2, 0.25) is 0 Å². The van der Waals surface area contributed by atoms with Crippen molar-refractivity contribution in [3.63, 3.8) is 0 Å². The Bertz CT molecular complexity index is 801. The molecular formula is C17H25N5O5. The molecular weight excluding hydrogens is 354 g/mol. The van der Waals surface area contributed by atoms with Crippen molar-refractivity contribution >= 4 is 17.0 Å². The van der Waals surface area contributed by atoms with Gasteiger partial charge in [0.25, 0.3) is 0 Å². The van der Waals surface area contributed by atoms with E-state index in [-0.39, 0.29) is 17.8 Å². The fourth-order valence-corrected chi connectivity index (χ4v) is 4.42. The lowest BCUT2D eigenvalue weighted by atomic mass is 9.91. The molecule has 1 saturated carbocycles. The van der Waals surface area contributed by atoms with Gasteiger partial charge in [-0.1, -0.05) is 6.42 Å². The third-order valence-corrected chi connectivity index (χ3v) is 5.76. The summed E-state index contributed by atoms with van der Waals surface area (Å²) in [6.45, 7) is 0. The summed E-state index contributed by atoms with van der Waals surface area (Å²) in [6, 6.07) is 0. The molecule has 0 amide bonds. The van der Waals surface area contributed by atoms with E-state index in [1.807, 2.05) is 0 Å². The average molecular weight is 379 g/mol. The van der Waals surface area contributed by atoms with E-state index < -0.39 is 30.6 Å². The summed E-state index contributed by atoms with van der Waals surface area (Å²) in [7, 11) is 3.27. The molecule has 2 fully saturated rings. The van der Waals surface area contributed by atoms with E-state index in [4.69, 9.17) is 19.9 Å². The number of aliphatic hydroxyl groups is 2. The third kappa shape index (κ3) is 2.97. The van der Waals surface area contributed by atoms with E-state index in [1.54, 1.807) is 18.8 Å². The second-order valence-electron chi connectivity index (χ2n) is 7.12. The highest BCUT2D eigenvalue weighted by molar-refractivity contribution is 5.81. The highest BCUT2D eigenvalue weighted by Gasteiger charge is 2.51. The quantitative estimate of drug-likeness (QED) is 0.648. The van der Waals surface area contributed by atoms with Gasteiger partial charge in [-0.2, -0.15) is 0 Å². The molecule has 1 aliphatic heterocycles. The fourth-order valence-electron chi connectivity index (χ4n) is 4.42. The lowest BCUT2D eigenvalue weighted by molar-refractivity contribution is -0.129. The number of rotatable bonds is 5. The number of hydrogen-bond acceptors (Lipinski definition) is 9. The molecule has 10 heteroatoms. The molecule has 4 N–H and O–H groups in total. The highest BCUT2D eigenvalue weighted by Crippen LogP contribution is 2.40. The van der Waals surface area contributed by atoms with Gasteiger partial charge in [-0.25, -0.2) is 15.0 Å². The van der Waals surface area contributed by atoms with Crippen molar-refractivity contribution in [3.8, 4) is 0 Å². The molecule has 1 unspecified atom stereocenters. The molecule has 27 heavy (non-hydrogen) atoms. The van der Waals surface area contributed by atoms with Crippen LogP contribution in [0.3, 0.4) is 0 Å². The Morgan fingerprint density at radius 2 is 2.04 bits per heavy atom. The number of methoxy groups -OCH3 is 2. The van der Waals surface area contributed by atoms with Crippen LogP contribution in [0.25, 0.3) is 11.2 Å². The first-order chi connectivity index (χ1) is 13.1. The Morgan fingerprint density at radius 1 is 1.22 bits per heavy atom. The summed E-state index contributed by atoms with van der Waals surface area (Å²) in [6.07, 6.45) is 1.50. The maximum Gasteiger partial charge on any atom is 0.167 e. The van der Waals surface area contributed by atoms with Gasteiger partial charge in [0.15, 0.2) is 17.7 Å². The number of aromatic nitrogens is 4. The standard InChI is InChI=1S/C17H25N5O5/c1-25-9-5-3-4-8(9)13(26-2)14-11(23)12(24)17(27-14)22-7-21-10-15(18)19-6-20-16(10)22/h6-9,11-14,17,23-24H,3-5H2,1-2H3,(H2,18,19,20)/t8-,9-,11-,12+,13?,14-,17+/m0/s1. The van der Waals surface area contributed by atoms with Gasteiger partial charge < -0.3 is 30.2 Å². The van der Waals surface area contributed by atoms with Crippen molar-refractivity contribution in [1.29, 1.82) is 0 Å². The lowest BCUT2D eigenvalue weighted by Crippen LogP contribution is -2.45. The molecule has 2 aromatic heterocycles. The third-order valence-electron chi connectivity index (χ3n) is 5.76. The highest BCUT2D eigenvalue weighted by atomic mass is 16.6. The summed E-state index contributed by atoms with van der Waals surface area (Å²) in [5, 5.41) is 21.3. The average Bonchev–Trinajstić information content (AvgIpc) is 3.37. The SMILES string of the molecule is COC([C@H]1CCC[C@@H]1OC)[C@H]1O[C@@H](n2cnc3c(N)ncnc32)[C@H](O)[C@@H]1O. The minimum atomic E-state index is -1.16. The number of aliphatic hydroxyl groups excluding tert-OH is 2. The number of nitrogens with two attached hydrogens (primary N) is 1. The van der Waals surface area contributed by atoms with Crippen LogP contribution in [0.5, 0.6) is 0 Å². The van der Waals surface area contributed by atoms with Crippen LogP contribution in [0, 0.1) is 5.92 Å². The predicted molar refractivity (Wildman–Crippen MR) is 94.6 cm³/mol. The summed E-state index contributed by atoms with van der Waals surface area (Å²) in [4.78, 5) is 12.3. The van der Waals surface area contributed by atoms with Crippen molar-refractivity contribution in [2.75, 3.05) is 20.0 Å². The number of imidazole rings is 1. The molecule has 1 aliphatic carbocycles. The first-order valence-corrected chi connectivity index (χ1v) is 9.07. The molecule has 148 valence electrons. The second kappa shape index (κ2) is 7.28. The zero-order chi connectivity index (χ0) is 19.1. The Morgan fingerprint density at radius 3 is 2.78 bits per heavy atom. The van der Waals surface area contributed by atoms with Gasteiger partial charge in [0.05, 0.1) is 18.5 Å². The summed E-state index contributed by atoms with van der Waals surface area (Å²) in [5.74, 6) is 0.329. The molecule has 10 nitrogen and oxygen atoms in total. The van der Waals surface area contributed by atoms with E-state index in [0.717, 1.165) is 19.3 Å². The van der Waals surface area contributed by atoms with E-state index in [9.17, 15) is 10.2 Å². The van der Waals surface area contributed by atoms with Crippen LogP contribution in [-0.4, -0.2) is 74.5 Å². The molecule has 0 aromatic carbocycles. The van der Waals surface area contributed by atoms with E-state index >= 15 is 0 Å². The number of nitrogens with zero attached hydrogens (tertiary/aromatic N) is 4. The van der Waals surface area contributed by atoms with Crippen molar-refractivity contribution in [2.24, 2.45) is 5.92 Å². The summed E-state index contributed by atoms with van der Waals surface area (Å²) < 4.78 is 18.9. The molecule has 0 bridgehead atoms. The van der Waals surface area contributed by atoms with E-state index in [0.29, 0.717) is 11.2 Å². The number of ether oxygens (including phenoxy) is 3. The van der Waals surface area contributed by atoms with Crippen molar-refractivity contribution in [1.82, 2.24) is 19.5 Å². The number of nitrogen functional groups attached to an aromatic ring is 1. The molecule has 2 aliphatic rings. The monoisotopic (exact) mass is 379 g/mol. The first-order valence-electron chi connectivity index (χ1n) is 9.07. The molecule has 1 saturated heterocycles. The van der Waals surface area contributed by atoms with Gasteiger partial charge in [0.1, 0.15) is 30.2 Å². The Hall–Kier alpha value is -1.85. The van der Waals surface area contributed by atoms with Crippen LogP contribution in [0.1, 0.15) is 25.5 Å². The zero-order valence-electron chi connectivity index (χ0n) is 15.3. The minimum Gasteiger partial charge on any atom is -0.387 e. The Labute approximate surface area is 156 Å². The lowest BCUT2D eigenvalue weighted by Gasteiger charge is -2.32.